The van der Waals surface area contributed by atoms with E-state index in [-0.39, 0.29) is 5.91 Å². The van der Waals surface area contributed by atoms with Crippen LogP contribution in [0.25, 0.3) is 0 Å². The number of nitrogens with one attached hydrogen (secondary N) is 1. The van der Waals surface area contributed by atoms with E-state index >= 15 is 0 Å². The second kappa shape index (κ2) is 9.49. The van der Waals surface area contributed by atoms with E-state index in [1.54, 1.807) is 54.6 Å². The number of hydrogen-bond donors (Lipinski definition) is 1. The maximum atomic E-state index is 12.4. The van der Waals surface area contributed by atoms with Gasteiger partial charge in [-0.15, -0.1) is 11.3 Å². The van der Waals surface area contributed by atoms with E-state index in [2.05, 4.69) is 10.5 Å². The Morgan fingerprint density at radius 3 is 2.34 bits per heavy atom. The summed E-state index contributed by atoms with van der Waals surface area (Å²) in [5, 5.41) is 8.54. The summed E-state index contributed by atoms with van der Waals surface area (Å²) in [4.78, 5) is 25.1. The van der Waals surface area contributed by atoms with E-state index in [0.717, 1.165) is 17.0 Å². The van der Waals surface area contributed by atoms with Crippen LogP contribution >= 0.6 is 11.3 Å². The lowest BCUT2D eigenvalue weighted by Crippen LogP contribution is -2.10. The van der Waals surface area contributed by atoms with Crippen molar-refractivity contribution in [1.29, 1.82) is 0 Å². The first-order valence-corrected chi connectivity index (χ1v) is 10.7. The Morgan fingerprint density at radius 2 is 1.72 bits per heavy atom. The predicted molar refractivity (Wildman–Crippen MR) is 120 cm³/mol. The number of benzene rings is 2. The summed E-state index contributed by atoms with van der Waals surface area (Å²) in [5.41, 5.74) is 2.70. The molecule has 1 N–H and O–H groups in total. The van der Waals surface area contributed by atoms with Crippen molar-refractivity contribution in [1.82, 2.24) is 5.16 Å². The first kappa shape index (κ1) is 21.3. The van der Waals surface area contributed by atoms with Crippen molar-refractivity contribution in [3.05, 3.63) is 93.5 Å². The third-order valence-electron chi connectivity index (χ3n) is 4.72. The topological polar surface area (TPSA) is 90.7 Å². The molecule has 0 saturated heterocycles. The van der Waals surface area contributed by atoms with Crippen LogP contribution in [0.1, 0.15) is 37.0 Å². The minimum Gasteiger partial charge on any atom is -0.489 e. The van der Waals surface area contributed by atoms with E-state index in [0.29, 0.717) is 34.2 Å². The summed E-state index contributed by atoms with van der Waals surface area (Å²) in [6, 6.07) is 16.9. The van der Waals surface area contributed by atoms with Crippen molar-refractivity contribution in [2.24, 2.45) is 0 Å². The van der Waals surface area contributed by atoms with Gasteiger partial charge in [0.2, 0.25) is 0 Å². The summed E-state index contributed by atoms with van der Waals surface area (Å²) >= 11 is 1.37. The number of ether oxygens (including phenoxy) is 2. The van der Waals surface area contributed by atoms with Gasteiger partial charge in [0, 0.05) is 5.69 Å². The number of anilines is 1. The number of hydrogen-bond acceptors (Lipinski definition) is 7. The van der Waals surface area contributed by atoms with Gasteiger partial charge in [0.1, 0.15) is 23.9 Å². The number of esters is 1. The number of rotatable bonds is 7. The summed E-state index contributed by atoms with van der Waals surface area (Å²) in [7, 11) is 0. The van der Waals surface area contributed by atoms with Crippen molar-refractivity contribution in [3.8, 4) is 11.5 Å². The highest BCUT2D eigenvalue weighted by molar-refractivity contribution is 7.12. The fourth-order valence-electron chi connectivity index (χ4n) is 2.92. The standard InChI is InChI=1S/C24H20N2O5S/c1-15-21(16(2)31-26-15)14-29-19-9-5-17(6-10-19)24(28)30-20-11-7-18(8-12-20)25-23(27)22-4-3-13-32-22/h3-13H,14H2,1-2H3,(H,25,27). The van der Waals surface area contributed by atoms with Crippen LogP contribution in [0.15, 0.2) is 70.6 Å². The molecule has 32 heavy (non-hydrogen) atoms. The minimum atomic E-state index is -0.488. The highest BCUT2D eigenvalue weighted by Crippen LogP contribution is 2.21. The molecule has 0 saturated carbocycles. The second-order valence-electron chi connectivity index (χ2n) is 6.96. The van der Waals surface area contributed by atoms with Gasteiger partial charge in [-0.25, -0.2) is 4.79 Å². The molecule has 7 nitrogen and oxygen atoms in total. The van der Waals surface area contributed by atoms with E-state index in [1.807, 2.05) is 25.3 Å². The molecule has 0 aliphatic rings. The maximum absolute atomic E-state index is 12.4. The molecule has 0 atom stereocenters. The zero-order chi connectivity index (χ0) is 22.5. The number of aromatic nitrogens is 1. The number of carbonyl (C=O) groups is 2. The summed E-state index contributed by atoms with van der Waals surface area (Å²) in [6.45, 7) is 4.03. The van der Waals surface area contributed by atoms with Gasteiger partial charge in [-0.2, -0.15) is 0 Å². The van der Waals surface area contributed by atoms with Gasteiger partial charge in [0.05, 0.1) is 21.7 Å². The lowest BCUT2D eigenvalue weighted by atomic mass is 10.2. The van der Waals surface area contributed by atoms with Crippen LogP contribution in [-0.4, -0.2) is 17.0 Å². The molecule has 0 fully saturated rings. The molecule has 1 amide bonds. The van der Waals surface area contributed by atoms with Gasteiger partial charge >= 0.3 is 5.97 Å². The molecule has 162 valence electrons. The molecule has 4 rings (SSSR count). The van der Waals surface area contributed by atoms with Crippen molar-refractivity contribution in [2.75, 3.05) is 5.32 Å². The van der Waals surface area contributed by atoms with Gasteiger partial charge in [-0.1, -0.05) is 11.2 Å². The van der Waals surface area contributed by atoms with Gasteiger partial charge < -0.3 is 19.3 Å². The van der Waals surface area contributed by atoms with Crippen LogP contribution < -0.4 is 14.8 Å². The summed E-state index contributed by atoms with van der Waals surface area (Å²) < 4.78 is 16.3. The molecule has 0 aliphatic heterocycles. The van der Waals surface area contributed by atoms with Crippen LogP contribution in [-0.2, 0) is 6.61 Å². The molecule has 2 aromatic heterocycles. The van der Waals surface area contributed by atoms with E-state index in [4.69, 9.17) is 14.0 Å². The molecule has 0 radical (unpaired) electrons. The fraction of sp³-hybridized carbons (Fsp3) is 0.125. The number of thiophene rings is 1. The Balaban J connectivity index is 1.32. The first-order valence-electron chi connectivity index (χ1n) is 9.81. The van der Waals surface area contributed by atoms with Gasteiger partial charge in [-0.05, 0) is 73.8 Å². The third kappa shape index (κ3) is 5.04. The zero-order valence-corrected chi connectivity index (χ0v) is 18.3. The van der Waals surface area contributed by atoms with Crippen LogP contribution in [0.5, 0.6) is 11.5 Å². The zero-order valence-electron chi connectivity index (χ0n) is 17.5. The van der Waals surface area contributed by atoms with Crippen molar-refractivity contribution >= 4 is 28.9 Å². The smallest absolute Gasteiger partial charge is 0.343 e. The molecule has 0 unspecified atom stereocenters. The molecular formula is C24H20N2O5S. The van der Waals surface area contributed by atoms with Crippen LogP contribution in [0.3, 0.4) is 0 Å². The molecule has 0 bridgehead atoms. The molecule has 0 spiro atoms. The van der Waals surface area contributed by atoms with Gasteiger partial charge in [-0.3, -0.25) is 4.79 Å². The normalized spacial score (nSPS) is 10.6. The first-order chi connectivity index (χ1) is 15.5. The molecule has 4 aromatic rings. The Kier molecular flexibility index (Phi) is 6.32. The van der Waals surface area contributed by atoms with E-state index in [9.17, 15) is 9.59 Å². The fourth-order valence-corrected chi connectivity index (χ4v) is 3.54. The Labute approximate surface area is 188 Å². The Hall–Kier alpha value is -3.91. The monoisotopic (exact) mass is 448 g/mol. The highest BCUT2D eigenvalue weighted by Gasteiger charge is 2.12. The lowest BCUT2D eigenvalue weighted by molar-refractivity contribution is 0.0734. The van der Waals surface area contributed by atoms with Crippen LogP contribution in [0, 0.1) is 13.8 Å². The van der Waals surface area contributed by atoms with Crippen molar-refractivity contribution in [3.63, 3.8) is 0 Å². The Bertz CT molecular complexity index is 1190. The number of carbonyl (C=O) groups excluding carboxylic acids is 2. The quantitative estimate of drug-likeness (QED) is 0.301. The molecule has 0 aliphatic carbocycles. The average Bonchev–Trinajstić information content (AvgIpc) is 3.45. The van der Waals surface area contributed by atoms with E-state index < -0.39 is 5.97 Å². The minimum absolute atomic E-state index is 0.179. The largest absolute Gasteiger partial charge is 0.489 e. The number of nitrogens with zero attached hydrogens (tertiary/aromatic N) is 1. The SMILES string of the molecule is Cc1noc(C)c1COc1ccc(C(=O)Oc2ccc(NC(=O)c3cccs3)cc2)cc1. The number of aryl methyl sites for hydroxylation is 2. The number of amides is 1. The van der Waals surface area contributed by atoms with Gasteiger partial charge in [0.25, 0.3) is 5.91 Å². The highest BCUT2D eigenvalue weighted by atomic mass is 32.1. The Morgan fingerprint density at radius 1 is 1.00 bits per heavy atom. The summed E-state index contributed by atoms with van der Waals surface area (Å²) in [6.07, 6.45) is 0. The average molecular weight is 449 g/mol. The summed E-state index contributed by atoms with van der Waals surface area (Å²) in [5.74, 6) is 1.05. The molecule has 8 heteroatoms. The second-order valence-corrected chi connectivity index (χ2v) is 7.91. The van der Waals surface area contributed by atoms with Crippen molar-refractivity contribution < 1.29 is 23.6 Å². The third-order valence-corrected chi connectivity index (χ3v) is 5.59. The van der Waals surface area contributed by atoms with Crippen LogP contribution in [0.4, 0.5) is 5.69 Å². The molecular weight excluding hydrogens is 428 g/mol. The van der Waals surface area contributed by atoms with E-state index in [1.165, 1.54) is 11.3 Å². The van der Waals surface area contributed by atoms with Gasteiger partial charge in [0.15, 0.2) is 0 Å². The van der Waals surface area contributed by atoms with Crippen LogP contribution in [0.2, 0.25) is 0 Å². The van der Waals surface area contributed by atoms with Crippen molar-refractivity contribution in [2.45, 2.75) is 20.5 Å². The predicted octanol–water partition coefficient (Wildman–Crippen LogP) is 5.40. The maximum Gasteiger partial charge on any atom is 0.343 e. The molecule has 2 aromatic carbocycles. The lowest BCUT2D eigenvalue weighted by Gasteiger charge is -2.08. The molecule has 2 heterocycles.